The third-order valence-electron chi connectivity index (χ3n) is 5.81. The van der Waals surface area contributed by atoms with Gasteiger partial charge >= 0.3 is 5.97 Å². The number of ether oxygens (including phenoxy) is 3. The van der Waals surface area contributed by atoms with Gasteiger partial charge in [0.25, 0.3) is 0 Å². The fraction of sp³-hybridized carbons (Fsp3) is 0.167. The summed E-state index contributed by atoms with van der Waals surface area (Å²) in [6, 6.07) is 25.7. The summed E-state index contributed by atoms with van der Waals surface area (Å²) in [5, 5.41) is 9.57. The van der Waals surface area contributed by atoms with E-state index in [1.54, 1.807) is 19.2 Å². The lowest BCUT2D eigenvalue weighted by Gasteiger charge is -2.14. The number of aryl methyl sites for hydroxylation is 2. The lowest BCUT2D eigenvalue weighted by atomic mass is 9.95. The van der Waals surface area contributed by atoms with Gasteiger partial charge in [0, 0.05) is 5.02 Å². The van der Waals surface area contributed by atoms with E-state index in [1.165, 1.54) is 0 Å². The third-order valence-corrected chi connectivity index (χ3v) is 6.23. The van der Waals surface area contributed by atoms with Crippen LogP contribution in [0, 0.1) is 13.8 Å². The minimum atomic E-state index is -1.02. The molecule has 0 fully saturated rings. The van der Waals surface area contributed by atoms with E-state index in [4.69, 9.17) is 30.9 Å². The molecule has 6 heteroatoms. The first-order chi connectivity index (χ1) is 17.3. The van der Waals surface area contributed by atoms with E-state index in [0.29, 0.717) is 18.1 Å². The van der Waals surface area contributed by atoms with E-state index in [-0.39, 0.29) is 6.61 Å². The Bertz CT molecular complexity index is 1380. The van der Waals surface area contributed by atoms with Gasteiger partial charge in [-0.1, -0.05) is 29.8 Å². The number of aliphatic carboxylic acids is 1. The molecule has 0 amide bonds. The summed E-state index contributed by atoms with van der Waals surface area (Å²) in [6.07, 6.45) is 0. The van der Waals surface area contributed by atoms with Crippen molar-refractivity contribution in [2.45, 2.75) is 20.5 Å². The van der Waals surface area contributed by atoms with Gasteiger partial charge in [0.15, 0.2) is 6.61 Å². The highest BCUT2D eigenvalue weighted by Gasteiger charge is 2.10. The van der Waals surface area contributed by atoms with Crippen molar-refractivity contribution >= 4 is 17.6 Å². The van der Waals surface area contributed by atoms with Gasteiger partial charge in [0.05, 0.1) is 7.11 Å². The molecule has 0 aliphatic rings. The van der Waals surface area contributed by atoms with Crippen LogP contribution in [0.2, 0.25) is 5.02 Å². The zero-order chi connectivity index (χ0) is 25.7. The molecule has 0 atom stereocenters. The van der Waals surface area contributed by atoms with Crippen LogP contribution in [-0.4, -0.2) is 24.8 Å². The van der Waals surface area contributed by atoms with Gasteiger partial charge in [0.2, 0.25) is 0 Å². The molecule has 0 saturated heterocycles. The summed E-state index contributed by atoms with van der Waals surface area (Å²) in [6.45, 7) is 3.83. The van der Waals surface area contributed by atoms with Crippen LogP contribution in [-0.2, 0) is 11.4 Å². The van der Waals surface area contributed by atoms with Gasteiger partial charge in [-0.15, -0.1) is 0 Å². The molecule has 36 heavy (non-hydrogen) atoms. The lowest BCUT2D eigenvalue weighted by Crippen LogP contribution is -2.10. The number of hydrogen-bond donors (Lipinski definition) is 1. The Kier molecular flexibility index (Phi) is 7.81. The number of carboxylic acids is 1. The third kappa shape index (κ3) is 6.18. The number of methoxy groups -OCH3 is 1. The molecule has 0 bridgehead atoms. The van der Waals surface area contributed by atoms with Crippen LogP contribution < -0.4 is 14.2 Å². The Morgan fingerprint density at radius 3 is 2.06 bits per heavy atom. The van der Waals surface area contributed by atoms with E-state index in [1.807, 2.05) is 56.3 Å². The number of rotatable bonds is 9. The van der Waals surface area contributed by atoms with Crippen LogP contribution in [0.25, 0.3) is 22.3 Å². The Morgan fingerprint density at radius 1 is 0.750 bits per heavy atom. The summed E-state index contributed by atoms with van der Waals surface area (Å²) in [5.74, 6) is 0.983. The van der Waals surface area contributed by atoms with Crippen LogP contribution in [0.5, 0.6) is 17.2 Å². The molecule has 0 aliphatic heterocycles. The predicted octanol–water partition coefficient (Wildman–Crippen LogP) is 7.34. The topological polar surface area (TPSA) is 65.0 Å². The van der Waals surface area contributed by atoms with Gasteiger partial charge in [-0.05, 0) is 113 Å². The molecule has 0 radical (unpaired) electrons. The molecule has 0 aliphatic carbocycles. The summed E-state index contributed by atoms with van der Waals surface area (Å²) >= 11 is 6.26. The monoisotopic (exact) mass is 502 g/mol. The molecule has 5 nitrogen and oxygen atoms in total. The second-order valence-electron chi connectivity index (χ2n) is 8.51. The minimum absolute atomic E-state index is 0.359. The van der Waals surface area contributed by atoms with E-state index < -0.39 is 5.97 Å². The van der Waals surface area contributed by atoms with Crippen molar-refractivity contribution in [3.8, 4) is 39.5 Å². The molecule has 0 saturated carbocycles. The van der Waals surface area contributed by atoms with E-state index in [9.17, 15) is 4.79 Å². The summed E-state index contributed by atoms with van der Waals surface area (Å²) in [4.78, 5) is 10.8. The van der Waals surface area contributed by atoms with Crippen LogP contribution >= 0.6 is 11.6 Å². The molecule has 0 spiro atoms. The fourth-order valence-electron chi connectivity index (χ4n) is 3.90. The number of benzene rings is 4. The molecular formula is C30H27ClO5. The average Bonchev–Trinajstić information content (AvgIpc) is 2.88. The summed E-state index contributed by atoms with van der Waals surface area (Å²) < 4.78 is 16.7. The number of hydrogen-bond acceptors (Lipinski definition) is 4. The first-order valence-electron chi connectivity index (χ1n) is 11.5. The molecule has 4 rings (SSSR count). The zero-order valence-electron chi connectivity index (χ0n) is 20.4. The van der Waals surface area contributed by atoms with E-state index in [2.05, 4.69) is 24.3 Å². The zero-order valence-corrected chi connectivity index (χ0v) is 21.1. The van der Waals surface area contributed by atoms with Gasteiger partial charge in [0.1, 0.15) is 23.9 Å². The summed E-state index contributed by atoms with van der Waals surface area (Å²) in [7, 11) is 1.65. The van der Waals surface area contributed by atoms with Crippen LogP contribution in [0.4, 0.5) is 0 Å². The SMILES string of the molecule is COc1ccc(-c2cc(COc3ccc(OCC(=O)O)c(C)c3)cc(-c3ccc(Cl)c(C)c3)c2)cc1. The molecule has 1 N–H and O–H groups in total. The van der Waals surface area contributed by atoms with Crippen molar-refractivity contribution < 1.29 is 24.1 Å². The first kappa shape index (κ1) is 25.1. The smallest absolute Gasteiger partial charge is 0.341 e. The highest BCUT2D eigenvalue weighted by molar-refractivity contribution is 6.31. The van der Waals surface area contributed by atoms with Crippen LogP contribution in [0.3, 0.4) is 0 Å². The second kappa shape index (κ2) is 11.2. The van der Waals surface area contributed by atoms with Crippen molar-refractivity contribution in [1.29, 1.82) is 0 Å². The fourth-order valence-corrected chi connectivity index (χ4v) is 4.01. The Balaban J connectivity index is 1.63. The van der Waals surface area contributed by atoms with Gasteiger partial charge in [-0.2, -0.15) is 0 Å². The van der Waals surface area contributed by atoms with Crippen molar-refractivity contribution in [3.63, 3.8) is 0 Å². The van der Waals surface area contributed by atoms with Gasteiger partial charge < -0.3 is 19.3 Å². The highest BCUT2D eigenvalue weighted by atomic mass is 35.5. The lowest BCUT2D eigenvalue weighted by molar-refractivity contribution is -0.139. The Morgan fingerprint density at radius 2 is 1.42 bits per heavy atom. The standard InChI is InChI=1S/C30H27ClO5/c1-19-12-23(6-10-28(19)31)25-15-21(14-24(16-25)22-4-7-26(34-3)8-5-22)17-35-27-9-11-29(20(2)13-27)36-18-30(32)33/h4-16H,17-18H2,1-3H3,(H,32,33). The molecule has 0 unspecified atom stereocenters. The van der Waals surface area contributed by atoms with Crippen LogP contribution in [0.1, 0.15) is 16.7 Å². The molecule has 4 aromatic rings. The molecular weight excluding hydrogens is 476 g/mol. The second-order valence-corrected chi connectivity index (χ2v) is 8.92. The first-order valence-corrected chi connectivity index (χ1v) is 11.8. The van der Waals surface area contributed by atoms with Crippen LogP contribution in [0.15, 0.2) is 78.9 Å². The van der Waals surface area contributed by atoms with Crippen molar-refractivity contribution in [3.05, 3.63) is 101 Å². The van der Waals surface area contributed by atoms with E-state index in [0.717, 1.165) is 49.7 Å². The molecule has 0 aromatic heterocycles. The molecule has 184 valence electrons. The summed E-state index contributed by atoms with van der Waals surface area (Å²) in [5.41, 5.74) is 7.10. The largest absolute Gasteiger partial charge is 0.497 e. The quantitative estimate of drug-likeness (QED) is 0.259. The van der Waals surface area contributed by atoms with Crippen molar-refractivity contribution in [1.82, 2.24) is 0 Å². The molecule has 4 aromatic carbocycles. The number of carbonyl (C=O) groups is 1. The van der Waals surface area contributed by atoms with Gasteiger partial charge in [-0.3, -0.25) is 0 Å². The van der Waals surface area contributed by atoms with Crippen molar-refractivity contribution in [2.24, 2.45) is 0 Å². The highest BCUT2D eigenvalue weighted by Crippen LogP contribution is 2.32. The normalized spacial score (nSPS) is 10.7. The molecule has 0 heterocycles. The average molecular weight is 503 g/mol. The number of halogens is 1. The van der Waals surface area contributed by atoms with Gasteiger partial charge in [-0.25, -0.2) is 4.79 Å². The van der Waals surface area contributed by atoms with E-state index >= 15 is 0 Å². The maximum Gasteiger partial charge on any atom is 0.341 e. The Hall–Kier alpha value is -3.96. The van der Waals surface area contributed by atoms with Crippen molar-refractivity contribution in [2.75, 3.05) is 13.7 Å². The predicted molar refractivity (Wildman–Crippen MR) is 142 cm³/mol. The minimum Gasteiger partial charge on any atom is -0.497 e. The Labute approximate surface area is 215 Å². The maximum absolute atomic E-state index is 10.8. The maximum atomic E-state index is 10.8. The number of carboxylic acid groups (broad SMARTS) is 1.